The lowest BCUT2D eigenvalue weighted by atomic mass is 10.2. The molecule has 0 spiro atoms. The van der Waals surface area contributed by atoms with Gasteiger partial charge in [-0.25, -0.2) is 5.10 Å². The summed E-state index contributed by atoms with van der Waals surface area (Å²) in [6, 6.07) is 2.66. The summed E-state index contributed by atoms with van der Waals surface area (Å²) < 4.78 is 0. The highest BCUT2D eigenvalue weighted by atomic mass is 35.5. The highest BCUT2D eigenvalue weighted by Gasteiger charge is 2.25. The minimum Gasteiger partial charge on any atom is -0.339 e. The van der Waals surface area contributed by atoms with Crippen LogP contribution in [-0.4, -0.2) is 63.9 Å². The Labute approximate surface area is 120 Å². The van der Waals surface area contributed by atoms with Crippen LogP contribution in [0.25, 0.3) is 0 Å². The molecule has 1 fully saturated rings. The zero-order chi connectivity index (χ0) is 14.5. The van der Waals surface area contributed by atoms with Crippen LogP contribution < -0.4 is 5.56 Å². The van der Waals surface area contributed by atoms with Gasteiger partial charge in [0.05, 0.1) is 0 Å². The summed E-state index contributed by atoms with van der Waals surface area (Å²) in [5.74, 6) is 0.0687. The molecule has 0 radical (unpaired) electrons. The first-order chi connectivity index (χ1) is 9.61. The number of nitrogens with zero attached hydrogens (tertiary/aromatic N) is 3. The maximum Gasteiger partial charge on any atom is 0.274 e. The van der Waals surface area contributed by atoms with E-state index in [0.717, 1.165) is 0 Å². The fourth-order valence-electron chi connectivity index (χ4n) is 2.02. The molecule has 2 heterocycles. The van der Waals surface area contributed by atoms with E-state index in [0.29, 0.717) is 38.5 Å². The Hall–Kier alpha value is -1.89. The van der Waals surface area contributed by atoms with Crippen molar-refractivity contribution in [3.05, 3.63) is 28.2 Å². The van der Waals surface area contributed by atoms with E-state index >= 15 is 0 Å². The van der Waals surface area contributed by atoms with Gasteiger partial charge in [-0.15, -0.1) is 11.6 Å². The van der Waals surface area contributed by atoms with Gasteiger partial charge in [-0.3, -0.25) is 14.4 Å². The van der Waals surface area contributed by atoms with E-state index in [2.05, 4.69) is 10.2 Å². The molecular weight excluding hydrogens is 284 g/mol. The Kier molecular flexibility index (Phi) is 4.73. The van der Waals surface area contributed by atoms with Gasteiger partial charge in [-0.1, -0.05) is 0 Å². The molecule has 2 rings (SSSR count). The number of alkyl halides is 1. The number of aromatic nitrogens is 2. The van der Waals surface area contributed by atoms with Gasteiger partial charge in [-0.2, -0.15) is 5.10 Å². The predicted molar refractivity (Wildman–Crippen MR) is 72.7 cm³/mol. The second kappa shape index (κ2) is 6.51. The van der Waals surface area contributed by atoms with Crippen LogP contribution in [0.15, 0.2) is 16.9 Å². The lowest BCUT2D eigenvalue weighted by Crippen LogP contribution is -2.50. The van der Waals surface area contributed by atoms with Gasteiger partial charge in [0.25, 0.3) is 11.5 Å². The van der Waals surface area contributed by atoms with Gasteiger partial charge in [0.2, 0.25) is 5.91 Å². The van der Waals surface area contributed by atoms with Crippen molar-refractivity contribution in [1.29, 1.82) is 0 Å². The molecule has 108 valence electrons. The fourth-order valence-corrected chi connectivity index (χ4v) is 2.19. The number of carbonyl (C=O) groups is 2. The van der Waals surface area contributed by atoms with E-state index in [4.69, 9.17) is 11.6 Å². The Morgan fingerprint density at radius 3 is 2.40 bits per heavy atom. The summed E-state index contributed by atoms with van der Waals surface area (Å²) in [5, 5.41) is 5.94. The van der Waals surface area contributed by atoms with E-state index in [-0.39, 0.29) is 23.1 Å². The highest BCUT2D eigenvalue weighted by Crippen LogP contribution is 2.07. The second-order valence-electron chi connectivity index (χ2n) is 4.42. The van der Waals surface area contributed by atoms with Crippen LogP contribution in [0.3, 0.4) is 0 Å². The summed E-state index contributed by atoms with van der Waals surface area (Å²) in [6.07, 6.45) is 0.316. The van der Waals surface area contributed by atoms with E-state index in [1.54, 1.807) is 9.80 Å². The topological polar surface area (TPSA) is 86.4 Å². The Morgan fingerprint density at radius 2 is 1.85 bits per heavy atom. The standard InChI is InChI=1S/C12H15ClN4O3/c13-4-3-11(19)16-5-7-17(8-6-16)12(20)9-1-2-10(18)15-14-9/h1-2H,3-8H2,(H,15,18). The average Bonchev–Trinajstić information content (AvgIpc) is 2.48. The molecule has 8 heteroatoms. The molecule has 1 aliphatic heterocycles. The molecule has 0 atom stereocenters. The molecule has 0 saturated carbocycles. The van der Waals surface area contributed by atoms with Crippen LogP contribution >= 0.6 is 11.6 Å². The normalized spacial score (nSPS) is 15.2. The molecule has 0 bridgehead atoms. The Morgan fingerprint density at radius 1 is 1.20 bits per heavy atom. The molecule has 1 N–H and O–H groups in total. The number of aromatic amines is 1. The fraction of sp³-hybridized carbons (Fsp3) is 0.500. The van der Waals surface area contributed by atoms with Crippen LogP contribution in [0, 0.1) is 0 Å². The second-order valence-corrected chi connectivity index (χ2v) is 4.80. The predicted octanol–water partition coefficient (Wildman–Crippen LogP) is -0.317. The molecule has 1 aromatic rings. The lowest BCUT2D eigenvalue weighted by molar-refractivity contribution is -0.132. The number of rotatable bonds is 3. The number of hydrogen-bond acceptors (Lipinski definition) is 4. The Bertz CT molecular complexity index is 531. The highest BCUT2D eigenvalue weighted by molar-refractivity contribution is 6.18. The van der Waals surface area contributed by atoms with Crippen molar-refractivity contribution in [2.45, 2.75) is 6.42 Å². The van der Waals surface area contributed by atoms with E-state index in [1.807, 2.05) is 0 Å². The van der Waals surface area contributed by atoms with Gasteiger partial charge >= 0.3 is 0 Å². The van der Waals surface area contributed by atoms with Crippen molar-refractivity contribution in [3.8, 4) is 0 Å². The van der Waals surface area contributed by atoms with Gasteiger partial charge in [0.15, 0.2) is 0 Å². The zero-order valence-electron chi connectivity index (χ0n) is 10.8. The van der Waals surface area contributed by atoms with Crippen LogP contribution in [0.5, 0.6) is 0 Å². The molecule has 1 aromatic heterocycles. The van der Waals surface area contributed by atoms with Gasteiger partial charge in [-0.05, 0) is 6.07 Å². The van der Waals surface area contributed by atoms with E-state index in [9.17, 15) is 14.4 Å². The van der Waals surface area contributed by atoms with Gasteiger partial charge < -0.3 is 9.80 Å². The first-order valence-corrected chi connectivity index (χ1v) is 6.84. The third kappa shape index (κ3) is 3.36. The number of carbonyl (C=O) groups excluding carboxylic acids is 2. The van der Waals surface area contributed by atoms with Gasteiger partial charge in [0.1, 0.15) is 5.69 Å². The quantitative estimate of drug-likeness (QED) is 0.775. The van der Waals surface area contributed by atoms with E-state index in [1.165, 1.54) is 12.1 Å². The number of H-pyrrole nitrogens is 1. The zero-order valence-corrected chi connectivity index (χ0v) is 11.6. The number of piperazine rings is 1. The monoisotopic (exact) mass is 298 g/mol. The average molecular weight is 299 g/mol. The van der Waals surface area contributed by atoms with E-state index < -0.39 is 0 Å². The minimum absolute atomic E-state index is 0.00858. The van der Waals surface area contributed by atoms with Crippen molar-refractivity contribution in [1.82, 2.24) is 20.0 Å². The molecule has 20 heavy (non-hydrogen) atoms. The number of halogens is 1. The Balaban J connectivity index is 1.93. The van der Waals surface area contributed by atoms with Crippen molar-refractivity contribution in [3.63, 3.8) is 0 Å². The molecule has 0 aliphatic carbocycles. The minimum atomic E-state index is -0.349. The lowest BCUT2D eigenvalue weighted by Gasteiger charge is -2.34. The molecule has 7 nitrogen and oxygen atoms in total. The largest absolute Gasteiger partial charge is 0.339 e. The van der Waals surface area contributed by atoms with Crippen molar-refractivity contribution < 1.29 is 9.59 Å². The molecule has 2 amide bonds. The maximum absolute atomic E-state index is 12.1. The SMILES string of the molecule is O=C(CCCl)N1CCN(C(=O)c2ccc(=O)[nH]n2)CC1. The van der Waals surface area contributed by atoms with Crippen LogP contribution in [0.2, 0.25) is 0 Å². The van der Waals surface area contributed by atoms with Crippen LogP contribution in [-0.2, 0) is 4.79 Å². The summed E-state index contributed by atoms with van der Waals surface area (Å²) in [7, 11) is 0. The van der Waals surface area contributed by atoms with Crippen molar-refractivity contribution in [2.24, 2.45) is 0 Å². The summed E-state index contributed by atoms with van der Waals surface area (Å²) >= 11 is 5.54. The summed E-state index contributed by atoms with van der Waals surface area (Å²) in [6.45, 7) is 1.89. The number of nitrogens with one attached hydrogen (secondary N) is 1. The molecule has 0 unspecified atom stereocenters. The molecule has 0 aromatic carbocycles. The van der Waals surface area contributed by atoms with Crippen molar-refractivity contribution >= 4 is 23.4 Å². The number of amides is 2. The van der Waals surface area contributed by atoms with Crippen molar-refractivity contribution in [2.75, 3.05) is 32.1 Å². The van der Waals surface area contributed by atoms with Gasteiger partial charge in [0, 0.05) is 44.5 Å². The molecular formula is C12H15ClN4O3. The van der Waals surface area contributed by atoms with Crippen LogP contribution in [0.1, 0.15) is 16.9 Å². The third-order valence-corrected chi connectivity index (χ3v) is 3.32. The molecule has 1 aliphatic rings. The smallest absolute Gasteiger partial charge is 0.274 e. The first-order valence-electron chi connectivity index (χ1n) is 6.30. The first kappa shape index (κ1) is 14.5. The third-order valence-electron chi connectivity index (χ3n) is 3.13. The van der Waals surface area contributed by atoms with Crippen LogP contribution in [0.4, 0.5) is 0 Å². The molecule has 1 saturated heterocycles. The summed E-state index contributed by atoms with van der Waals surface area (Å²) in [5.41, 5.74) is -0.150. The maximum atomic E-state index is 12.1. The number of hydrogen-bond donors (Lipinski definition) is 1. The summed E-state index contributed by atoms with van der Waals surface area (Å²) in [4.78, 5) is 38.0.